The highest BCUT2D eigenvalue weighted by Gasteiger charge is 2.09. The van der Waals surface area contributed by atoms with E-state index >= 15 is 0 Å². The van der Waals surface area contributed by atoms with E-state index in [0.29, 0.717) is 12.3 Å². The molecule has 0 atom stereocenters. The molecule has 0 unspecified atom stereocenters. The molecule has 0 spiro atoms. The van der Waals surface area contributed by atoms with Gasteiger partial charge in [0.15, 0.2) is 0 Å². The summed E-state index contributed by atoms with van der Waals surface area (Å²) in [6, 6.07) is 22.6. The Hall–Kier alpha value is -3.60. The first-order chi connectivity index (χ1) is 14.1. The van der Waals surface area contributed by atoms with Crippen LogP contribution >= 0.6 is 0 Å². The fraction of sp³-hybridized carbons (Fsp3) is 0.167. The molecule has 5 heteroatoms. The van der Waals surface area contributed by atoms with E-state index in [-0.39, 0.29) is 5.56 Å². The standard InChI is InChI=1S/C24H23NO4/c1-17(25-28)21-13-14-23(22(15-21)12-7-18-5-3-2-4-6-18)29-16-19-8-10-20(11-9-19)24(26)27/h2-6,8-11,13-15,28H,7,12,16H2,1H3,(H,26,27)/b25-17+. The summed E-state index contributed by atoms with van der Waals surface area (Å²) in [7, 11) is 0. The van der Waals surface area contributed by atoms with Crippen molar-refractivity contribution in [1.82, 2.24) is 0 Å². The summed E-state index contributed by atoms with van der Waals surface area (Å²) in [5, 5.41) is 21.4. The largest absolute Gasteiger partial charge is 0.489 e. The molecular weight excluding hydrogens is 366 g/mol. The average molecular weight is 389 g/mol. The lowest BCUT2D eigenvalue weighted by Gasteiger charge is -2.14. The summed E-state index contributed by atoms with van der Waals surface area (Å²) in [6.07, 6.45) is 1.65. The van der Waals surface area contributed by atoms with Crippen molar-refractivity contribution in [3.63, 3.8) is 0 Å². The first-order valence-electron chi connectivity index (χ1n) is 9.37. The molecule has 0 aromatic heterocycles. The van der Waals surface area contributed by atoms with Crippen LogP contribution in [-0.2, 0) is 19.4 Å². The van der Waals surface area contributed by atoms with Gasteiger partial charge in [-0.1, -0.05) is 47.6 Å². The molecule has 0 radical (unpaired) electrons. The molecule has 3 rings (SSSR count). The smallest absolute Gasteiger partial charge is 0.335 e. The molecule has 29 heavy (non-hydrogen) atoms. The van der Waals surface area contributed by atoms with Crippen LogP contribution in [0.4, 0.5) is 0 Å². The summed E-state index contributed by atoms with van der Waals surface area (Å²) < 4.78 is 6.03. The molecule has 0 amide bonds. The second kappa shape index (κ2) is 9.55. The number of oxime groups is 1. The van der Waals surface area contributed by atoms with Gasteiger partial charge in [0.2, 0.25) is 0 Å². The zero-order chi connectivity index (χ0) is 20.6. The third kappa shape index (κ3) is 5.45. The van der Waals surface area contributed by atoms with Crippen molar-refractivity contribution >= 4 is 11.7 Å². The quantitative estimate of drug-likeness (QED) is 0.325. The van der Waals surface area contributed by atoms with Crippen molar-refractivity contribution in [2.75, 3.05) is 0 Å². The van der Waals surface area contributed by atoms with E-state index in [2.05, 4.69) is 17.3 Å². The average Bonchev–Trinajstić information content (AvgIpc) is 2.77. The van der Waals surface area contributed by atoms with E-state index in [1.807, 2.05) is 36.4 Å². The fourth-order valence-corrected chi connectivity index (χ4v) is 3.03. The third-order valence-corrected chi connectivity index (χ3v) is 4.75. The highest BCUT2D eigenvalue weighted by atomic mass is 16.5. The molecule has 0 heterocycles. The normalized spacial score (nSPS) is 11.3. The number of nitrogens with zero attached hydrogens (tertiary/aromatic N) is 1. The number of ether oxygens (including phenoxy) is 1. The third-order valence-electron chi connectivity index (χ3n) is 4.75. The Bertz CT molecular complexity index is 995. The van der Waals surface area contributed by atoms with Crippen molar-refractivity contribution in [2.45, 2.75) is 26.4 Å². The number of carbonyl (C=O) groups is 1. The number of carboxylic acid groups (broad SMARTS) is 1. The van der Waals surface area contributed by atoms with Gasteiger partial charge in [-0.05, 0) is 72.4 Å². The lowest BCUT2D eigenvalue weighted by Crippen LogP contribution is -2.03. The van der Waals surface area contributed by atoms with Crippen molar-refractivity contribution in [3.8, 4) is 5.75 Å². The van der Waals surface area contributed by atoms with Gasteiger partial charge >= 0.3 is 5.97 Å². The van der Waals surface area contributed by atoms with Crippen LogP contribution in [0.15, 0.2) is 78.0 Å². The highest BCUT2D eigenvalue weighted by molar-refractivity contribution is 5.98. The zero-order valence-electron chi connectivity index (χ0n) is 16.2. The summed E-state index contributed by atoms with van der Waals surface area (Å²) >= 11 is 0. The molecule has 0 fully saturated rings. The lowest BCUT2D eigenvalue weighted by atomic mass is 10.00. The maximum Gasteiger partial charge on any atom is 0.335 e. The number of rotatable bonds is 8. The zero-order valence-corrected chi connectivity index (χ0v) is 16.2. The monoisotopic (exact) mass is 389 g/mol. The van der Waals surface area contributed by atoms with Crippen LogP contribution in [0.5, 0.6) is 5.75 Å². The van der Waals surface area contributed by atoms with E-state index < -0.39 is 5.97 Å². The van der Waals surface area contributed by atoms with E-state index in [1.54, 1.807) is 31.2 Å². The molecule has 0 aliphatic heterocycles. The molecule has 3 aromatic carbocycles. The van der Waals surface area contributed by atoms with Crippen LogP contribution in [-0.4, -0.2) is 22.0 Å². The molecular formula is C24H23NO4. The van der Waals surface area contributed by atoms with Crippen LogP contribution in [0.2, 0.25) is 0 Å². The van der Waals surface area contributed by atoms with Gasteiger partial charge in [0.1, 0.15) is 12.4 Å². The number of hydrogen-bond acceptors (Lipinski definition) is 4. The van der Waals surface area contributed by atoms with Gasteiger partial charge < -0.3 is 15.1 Å². The van der Waals surface area contributed by atoms with Crippen LogP contribution < -0.4 is 4.74 Å². The molecule has 5 nitrogen and oxygen atoms in total. The van der Waals surface area contributed by atoms with Crippen LogP contribution in [0.3, 0.4) is 0 Å². The number of aromatic carboxylic acids is 1. The summed E-state index contributed by atoms with van der Waals surface area (Å²) in [6.45, 7) is 2.09. The number of hydrogen-bond donors (Lipinski definition) is 2. The Labute approximate surface area is 169 Å². The lowest BCUT2D eigenvalue weighted by molar-refractivity contribution is 0.0697. The van der Waals surface area contributed by atoms with E-state index in [1.165, 1.54) is 5.56 Å². The second-order valence-electron chi connectivity index (χ2n) is 6.78. The van der Waals surface area contributed by atoms with E-state index in [0.717, 1.165) is 35.3 Å². The Balaban J connectivity index is 1.77. The number of benzene rings is 3. The van der Waals surface area contributed by atoms with Gasteiger partial charge in [-0.3, -0.25) is 0 Å². The molecule has 0 aliphatic rings. The van der Waals surface area contributed by atoms with Crippen LogP contribution in [0, 0.1) is 0 Å². The summed E-state index contributed by atoms with van der Waals surface area (Å²) in [4.78, 5) is 11.0. The number of carboxylic acids is 1. The van der Waals surface area contributed by atoms with Crippen molar-refractivity contribution < 1.29 is 19.8 Å². The molecule has 0 bridgehead atoms. The van der Waals surface area contributed by atoms with Crippen LogP contribution in [0.25, 0.3) is 0 Å². The summed E-state index contributed by atoms with van der Waals surface area (Å²) in [5.41, 5.74) is 4.79. The van der Waals surface area contributed by atoms with Gasteiger partial charge in [-0.15, -0.1) is 0 Å². The maximum absolute atomic E-state index is 11.0. The topological polar surface area (TPSA) is 79.1 Å². The minimum atomic E-state index is -0.947. The number of aryl methyl sites for hydroxylation is 2. The highest BCUT2D eigenvalue weighted by Crippen LogP contribution is 2.24. The van der Waals surface area contributed by atoms with Crippen molar-refractivity contribution in [1.29, 1.82) is 0 Å². The molecule has 3 aromatic rings. The summed E-state index contributed by atoms with van der Waals surface area (Å²) in [5.74, 6) is -0.185. The first kappa shape index (κ1) is 20.1. The first-order valence-corrected chi connectivity index (χ1v) is 9.37. The van der Waals surface area contributed by atoms with Gasteiger partial charge in [0.05, 0.1) is 11.3 Å². The van der Waals surface area contributed by atoms with Gasteiger partial charge in [-0.2, -0.15) is 0 Å². The van der Waals surface area contributed by atoms with Gasteiger partial charge in [0.25, 0.3) is 0 Å². The predicted octanol–water partition coefficient (Wildman–Crippen LogP) is 4.95. The van der Waals surface area contributed by atoms with Crippen molar-refractivity contribution in [2.24, 2.45) is 5.16 Å². The fourth-order valence-electron chi connectivity index (χ4n) is 3.03. The second-order valence-corrected chi connectivity index (χ2v) is 6.78. The van der Waals surface area contributed by atoms with Gasteiger partial charge in [-0.25, -0.2) is 4.79 Å². The Morgan fingerprint density at radius 2 is 1.59 bits per heavy atom. The Kier molecular flexibility index (Phi) is 6.63. The minimum Gasteiger partial charge on any atom is -0.489 e. The Morgan fingerprint density at radius 1 is 0.897 bits per heavy atom. The molecule has 148 valence electrons. The minimum absolute atomic E-state index is 0.250. The van der Waals surface area contributed by atoms with Crippen molar-refractivity contribution in [3.05, 3.63) is 101 Å². The SMILES string of the molecule is C/C(=N\O)c1ccc(OCc2ccc(C(=O)O)cc2)c(CCc2ccccc2)c1. The van der Waals surface area contributed by atoms with E-state index in [4.69, 9.17) is 15.1 Å². The Morgan fingerprint density at radius 3 is 2.24 bits per heavy atom. The molecule has 0 saturated carbocycles. The predicted molar refractivity (Wildman–Crippen MR) is 112 cm³/mol. The van der Waals surface area contributed by atoms with E-state index in [9.17, 15) is 4.79 Å². The molecule has 0 aliphatic carbocycles. The maximum atomic E-state index is 11.0. The molecule has 2 N–H and O–H groups in total. The molecule has 0 saturated heterocycles. The van der Waals surface area contributed by atoms with Crippen LogP contribution in [0.1, 0.15) is 39.5 Å². The van der Waals surface area contributed by atoms with Gasteiger partial charge in [0, 0.05) is 0 Å².